The first kappa shape index (κ1) is 24.5. The van der Waals surface area contributed by atoms with Gasteiger partial charge in [-0.1, -0.05) is 12.6 Å². The van der Waals surface area contributed by atoms with Crippen LogP contribution in [-0.2, 0) is 6.42 Å². The molecule has 5 nitrogen and oxygen atoms in total. The number of aliphatic imine (C=N–C) groups is 1. The molecule has 1 aliphatic carbocycles. The summed E-state index contributed by atoms with van der Waals surface area (Å²) in [4.78, 5) is 7.08. The summed E-state index contributed by atoms with van der Waals surface area (Å²) in [5.74, 6) is -1.11. The molecule has 36 heavy (non-hydrogen) atoms. The molecule has 2 fully saturated rings. The van der Waals surface area contributed by atoms with E-state index in [9.17, 15) is 8.78 Å². The number of nitrogens with one attached hydrogen (secondary N) is 1. The van der Waals surface area contributed by atoms with Gasteiger partial charge in [0.05, 0.1) is 6.04 Å². The smallest absolute Gasteiger partial charge is 0.201 e. The summed E-state index contributed by atoms with van der Waals surface area (Å²) in [6.07, 6.45) is 9.18. The second-order valence-electron chi connectivity index (χ2n) is 10.00. The molecule has 3 N–H and O–H groups in total. The van der Waals surface area contributed by atoms with Crippen molar-refractivity contribution in [1.82, 2.24) is 5.32 Å². The standard InChI is InChI=1S/C29H34F2N4O/c1-18-6-9-24-26(35(18)19(2)20-7-8-20)11-10-23(21(16-32)17-34-22-12-14-33-15-13-22)29(24)36-27-5-3-4-25(30)28(27)31/h3-5,10-11,16-18,20,22,33H,2,6-9,12-15,32H2,1H3. The van der Waals surface area contributed by atoms with Crippen molar-refractivity contribution >= 4 is 17.5 Å². The summed E-state index contributed by atoms with van der Waals surface area (Å²) in [7, 11) is 0. The molecule has 1 saturated carbocycles. The summed E-state index contributed by atoms with van der Waals surface area (Å²) in [6, 6.07) is 8.52. The van der Waals surface area contributed by atoms with Gasteiger partial charge in [-0.15, -0.1) is 0 Å². The molecule has 0 bridgehead atoms. The van der Waals surface area contributed by atoms with Crippen molar-refractivity contribution in [2.24, 2.45) is 16.6 Å². The maximum absolute atomic E-state index is 14.7. The number of fused-ring (bicyclic) bond motifs is 1. The van der Waals surface area contributed by atoms with Gasteiger partial charge in [0.2, 0.25) is 5.82 Å². The van der Waals surface area contributed by atoms with E-state index in [-0.39, 0.29) is 11.8 Å². The molecule has 3 aliphatic rings. The molecule has 2 heterocycles. The van der Waals surface area contributed by atoms with Crippen LogP contribution in [0, 0.1) is 17.6 Å². The number of halogens is 2. The van der Waals surface area contributed by atoms with Gasteiger partial charge in [-0.3, -0.25) is 4.99 Å². The highest BCUT2D eigenvalue weighted by atomic mass is 19.2. The van der Waals surface area contributed by atoms with Crippen molar-refractivity contribution in [3.05, 3.63) is 71.6 Å². The second kappa shape index (κ2) is 10.4. The van der Waals surface area contributed by atoms with E-state index in [0.717, 1.165) is 74.6 Å². The van der Waals surface area contributed by atoms with Gasteiger partial charge in [-0.2, -0.15) is 4.39 Å². The minimum Gasteiger partial charge on any atom is -0.453 e. The van der Waals surface area contributed by atoms with Gasteiger partial charge in [0.15, 0.2) is 11.6 Å². The quantitative estimate of drug-likeness (QED) is 0.469. The lowest BCUT2D eigenvalue weighted by molar-refractivity contribution is 0.410. The number of piperidine rings is 1. The zero-order valence-electron chi connectivity index (χ0n) is 20.8. The minimum absolute atomic E-state index is 0.150. The highest BCUT2D eigenvalue weighted by Gasteiger charge is 2.35. The van der Waals surface area contributed by atoms with Gasteiger partial charge in [-0.05, 0) is 88.7 Å². The number of ether oxygens (including phenoxy) is 1. The van der Waals surface area contributed by atoms with E-state index in [0.29, 0.717) is 28.8 Å². The van der Waals surface area contributed by atoms with Crippen LogP contribution >= 0.6 is 0 Å². The molecule has 0 amide bonds. The number of anilines is 1. The van der Waals surface area contributed by atoms with Gasteiger partial charge >= 0.3 is 0 Å². The lowest BCUT2D eigenvalue weighted by Crippen LogP contribution is -2.37. The topological polar surface area (TPSA) is 62.9 Å². The third-order valence-corrected chi connectivity index (χ3v) is 7.46. The maximum Gasteiger partial charge on any atom is 0.201 e. The van der Waals surface area contributed by atoms with Gasteiger partial charge in [0.1, 0.15) is 5.75 Å². The lowest BCUT2D eigenvalue weighted by atomic mass is 9.91. The first-order valence-corrected chi connectivity index (χ1v) is 12.9. The molecule has 0 spiro atoms. The Hall–Kier alpha value is -3.19. The fourth-order valence-corrected chi connectivity index (χ4v) is 5.22. The van der Waals surface area contributed by atoms with E-state index < -0.39 is 11.6 Å². The molecule has 2 aliphatic heterocycles. The number of hydrogen-bond acceptors (Lipinski definition) is 5. The van der Waals surface area contributed by atoms with Crippen LogP contribution in [0.15, 0.2) is 53.8 Å². The van der Waals surface area contributed by atoms with Gasteiger partial charge < -0.3 is 20.7 Å². The molecule has 2 aromatic rings. The number of nitrogens with zero attached hydrogens (tertiary/aromatic N) is 2. The summed E-state index contributed by atoms with van der Waals surface area (Å²) in [5, 5.41) is 3.35. The molecule has 1 atom stereocenters. The molecule has 0 aromatic heterocycles. The summed E-state index contributed by atoms with van der Waals surface area (Å²) in [6.45, 7) is 8.48. The van der Waals surface area contributed by atoms with Crippen LogP contribution < -0.4 is 20.7 Å². The number of rotatable bonds is 7. The van der Waals surface area contributed by atoms with Crippen molar-refractivity contribution < 1.29 is 13.5 Å². The van der Waals surface area contributed by atoms with Crippen molar-refractivity contribution in [1.29, 1.82) is 0 Å². The van der Waals surface area contributed by atoms with Crippen LogP contribution in [-0.4, -0.2) is 31.4 Å². The van der Waals surface area contributed by atoms with E-state index in [1.807, 2.05) is 6.07 Å². The highest BCUT2D eigenvalue weighted by Crippen LogP contribution is 2.47. The summed E-state index contributed by atoms with van der Waals surface area (Å²) in [5.41, 5.74) is 10.5. The van der Waals surface area contributed by atoms with Crippen molar-refractivity contribution in [2.75, 3.05) is 18.0 Å². The fourth-order valence-electron chi connectivity index (χ4n) is 5.22. The van der Waals surface area contributed by atoms with E-state index in [1.165, 1.54) is 18.3 Å². The predicted octanol–water partition coefficient (Wildman–Crippen LogP) is 5.94. The van der Waals surface area contributed by atoms with Crippen LogP contribution in [0.2, 0.25) is 0 Å². The monoisotopic (exact) mass is 492 g/mol. The Balaban J connectivity index is 1.59. The van der Waals surface area contributed by atoms with Crippen LogP contribution in [0.4, 0.5) is 14.5 Å². The second-order valence-corrected chi connectivity index (χ2v) is 10.00. The van der Waals surface area contributed by atoms with E-state index in [2.05, 4.69) is 29.8 Å². The van der Waals surface area contributed by atoms with E-state index >= 15 is 0 Å². The molecule has 1 unspecified atom stereocenters. The lowest BCUT2D eigenvalue weighted by Gasteiger charge is -2.39. The predicted molar refractivity (Wildman–Crippen MR) is 142 cm³/mol. The largest absolute Gasteiger partial charge is 0.453 e. The molecule has 5 rings (SSSR count). The third-order valence-electron chi connectivity index (χ3n) is 7.46. The Kier molecular flexibility index (Phi) is 7.10. The Morgan fingerprint density at radius 3 is 2.64 bits per heavy atom. The SMILES string of the molecule is C=C(C1CC1)N1c2ccc(C(C=NC3CCNCC3)=CN)c(Oc3cccc(F)c3F)c2CCC1C. The van der Waals surface area contributed by atoms with Crippen LogP contribution in [0.3, 0.4) is 0 Å². The van der Waals surface area contributed by atoms with Gasteiger partial charge in [-0.25, -0.2) is 4.39 Å². The average molecular weight is 493 g/mol. The Morgan fingerprint density at radius 2 is 1.92 bits per heavy atom. The third kappa shape index (κ3) is 4.89. The number of allylic oxidation sites excluding steroid dienone is 2. The van der Waals surface area contributed by atoms with Crippen LogP contribution in [0.1, 0.15) is 50.2 Å². The van der Waals surface area contributed by atoms with E-state index in [4.69, 9.17) is 15.5 Å². The number of hydrogen-bond donors (Lipinski definition) is 2. The summed E-state index contributed by atoms with van der Waals surface area (Å²) < 4.78 is 35.0. The van der Waals surface area contributed by atoms with Crippen molar-refractivity contribution in [3.63, 3.8) is 0 Å². The van der Waals surface area contributed by atoms with E-state index in [1.54, 1.807) is 6.21 Å². The first-order chi connectivity index (χ1) is 17.5. The number of benzene rings is 2. The molecular formula is C29H34F2N4O. The molecule has 7 heteroatoms. The molecular weight excluding hydrogens is 458 g/mol. The Bertz CT molecular complexity index is 1200. The molecule has 190 valence electrons. The fraction of sp³-hybridized carbons (Fsp3) is 0.414. The van der Waals surface area contributed by atoms with Crippen LogP contribution in [0.25, 0.3) is 5.57 Å². The van der Waals surface area contributed by atoms with Crippen molar-refractivity contribution in [2.45, 2.75) is 57.5 Å². The Labute approximate surface area is 211 Å². The molecule has 2 aromatic carbocycles. The average Bonchev–Trinajstić information content (AvgIpc) is 3.74. The zero-order chi connectivity index (χ0) is 25.2. The Morgan fingerprint density at radius 1 is 1.14 bits per heavy atom. The zero-order valence-corrected chi connectivity index (χ0v) is 20.8. The molecule has 0 radical (unpaired) electrons. The normalized spacial score (nSPS) is 21.0. The first-order valence-electron chi connectivity index (χ1n) is 12.9. The minimum atomic E-state index is -1.01. The van der Waals surface area contributed by atoms with Gasteiger partial charge in [0.25, 0.3) is 0 Å². The van der Waals surface area contributed by atoms with Gasteiger partial charge in [0, 0.05) is 46.5 Å². The highest BCUT2D eigenvalue weighted by molar-refractivity contribution is 6.11. The van der Waals surface area contributed by atoms with Crippen molar-refractivity contribution in [3.8, 4) is 11.5 Å². The van der Waals surface area contributed by atoms with Crippen LogP contribution in [0.5, 0.6) is 11.5 Å². The summed E-state index contributed by atoms with van der Waals surface area (Å²) >= 11 is 0. The molecule has 1 saturated heterocycles. The number of nitrogens with two attached hydrogens (primary N) is 1. The maximum atomic E-state index is 14.7.